The summed E-state index contributed by atoms with van der Waals surface area (Å²) in [5.74, 6) is 0.0765. The van der Waals surface area contributed by atoms with E-state index in [1.54, 1.807) is 16.8 Å². The molecule has 4 rings (SSSR count). The van der Waals surface area contributed by atoms with Crippen molar-refractivity contribution in [3.8, 4) is 5.69 Å². The zero-order chi connectivity index (χ0) is 24.0. The van der Waals surface area contributed by atoms with Crippen molar-refractivity contribution in [1.29, 1.82) is 0 Å². The first-order valence-corrected chi connectivity index (χ1v) is 10.3. The Morgan fingerprint density at radius 1 is 1.27 bits per heavy atom. The van der Waals surface area contributed by atoms with Crippen molar-refractivity contribution in [3.05, 3.63) is 70.9 Å². The Morgan fingerprint density at radius 2 is 1.94 bits per heavy atom. The van der Waals surface area contributed by atoms with Gasteiger partial charge in [0.25, 0.3) is 6.47 Å². The molecular formula is C23H27N7O3. The van der Waals surface area contributed by atoms with Crippen molar-refractivity contribution in [2.75, 3.05) is 5.73 Å². The first-order chi connectivity index (χ1) is 15.8. The molecule has 1 heterocycles. The molecule has 0 bridgehead atoms. The van der Waals surface area contributed by atoms with E-state index in [2.05, 4.69) is 15.4 Å². The van der Waals surface area contributed by atoms with Crippen LogP contribution in [0.2, 0.25) is 0 Å². The Bertz CT molecular complexity index is 1160. The van der Waals surface area contributed by atoms with Gasteiger partial charge in [0.15, 0.2) is 11.7 Å². The third-order valence-electron chi connectivity index (χ3n) is 5.15. The number of hydrogen-bond donors (Lipinski definition) is 5. The number of ketones is 1. The number of guanidine groups is 1. The van der Waals surface area contributed by atoms with Crippen LogP contribution in [0.1, 0.15) is 39.9 Å². The third kappa shape index (κ3) is 5.74. The molecule has 0 radical (unpaired) electrons. The summed E-state index contributed by atoms with van der Waals surface area (Å²) < 4.78 is 1.57. The molecule has 0 saturated heterocycles. The lowest BCUT2D eigenvalue weighted by Crippen LogP contribution is -2.22. The molecule has 1 aromatic heterocycles. The van der Waals surface area contributed by atoms with E-state index < -0.39 is 0 Å². The van der Waals surface area contributed by atoms with E-state index in [0.717, 1.165) is 16.8 Å². The molecule has 1 fully saturated rings. The molecule has 1 aliphatic rings. The van der Waals surface area contributed by atoms with E-state index >= 15 is 0 Å². The van der Waals surface area contributed by atoms with E-state index in [1.165, 1.54) is 19.0 Å². The first kappa shape index (κ1) is 23.5. The third-order valence-corrected chi connectivity index (χ3v) is 5.15. The van der Waals surface area contributed by atoms with Crippen LogP contribution in [0.4, 0.5) is 11.5 Å². The van der Waals surface area contributed by atoms with Gasteiger partial charge in [-0.15, -0.1) is 0 Å². The van der Waals surface area contributed by atoms with Crippen molar-refractivity contribution in [1.82, 2.24) is 15.1 Å². The van der Waals surface area contributed by atoms with E-state index in [4.69, 9.17) is 27.1 Å². The molecule has 10 nitrogen and oxygen atoms in total. The predicted molar refractivity (Wildman–Crippen MR) is 127 cm³/mol. The number of nitrogens with zero attached hydrogens (tertiary/aromatic N) is 3. The maximum Gasteiger partial charge on any atom is 0.290 e. The summed E-state index contributed by atoms with van der Waals surface area (Å²) in [7, 11) is 0. The minimum Gasteiger partial charge on any atom is -0.483 e. The largest absolute Gasteiger partial charge is 0.483 e. The van der Waals surface area contributed by atoms with Crippen molar-refractivity contribution in [3.63, 3.8) is 0 Å². The van der Waals surface area contributed by atoms with Crippen LogP contribution in [0.15, 0.2) is 53.7 Å². The quantitative estimate of drug-likeness (QED) is 0.157. The fourth-order valence-electron chi connectivity index (χ4n) is 3.34. The number of nitrogens with two attached hydrogens (primary N) is 3. The lowest BCUT2D eigenvalue weighted by molar-refractivity contribution is -0.122. The molecule has 1 aliphatic carbocycles. The molecule has 8 N–H and O–H groups in total. The Balaban J connectivity index is 0.000000968. The smallest absolute Gasteiger partial charge is 0.290 e. The van der Waals surface area contributed by atoms with Gasteiger partial charge in [0, 0.05) is 23.7 Å². The monoisotopic (exact) mass is 449 g/mol. The fraction of sp³-hybridized carbons (Fsp3) is 0.217. The van der Waals surface area contributed by atoms with Crippen LogP contribution < -0.4 is 22.5 Å². The van der Waals surface area contributed by atoms with Crippen LogP contribution in [0.3, 0.4) is 0 Å². The number of aliphatic imine (C=N–C) groups is 1. The van der Waals surface area contributed by atoms with Gasteiger partial charge in [0.05, 0.1) is 23.1 Å². The summed E-state index contributed by atoms with van der Waals surface area (Å²) in [6, 6.07) is 13.5. The highest BCUT2D eigenvalue weighted by molar-refractivity contribution is 6.11. The molecule has 0 spiro atoms. The Kier molecular flexibility index (Phi) is 7.42. The lowest BCUT2D eigenvalue weighted by Gasteiger charge is -2.14. The summed E-state index contributed by atoms with van der Waals surface area (Å²) in [5.41, 5.74) is 21.7. The van der Waals surface area contributed by atoms with E-state index in [0.29, 0.717) is 29.4 Å². The highest BCUT2D eigenvalue weighted by atomic mass is 16.3. The molecule has 172 valence electrons. The molecule has 10 heteroatoms. The molecule has 0 unspecified atom stereocenters. The summed E-state index contributed by atoms with van der Waals surface area (Å²) >= 11 is 0. The number of aromatic nitrogens is 2. The van der Waals surface area contributed by atoms with Crippen molar-refractivity contribution in [2.24, 2.45) is 16.5 Å². The number of carboxylic acid groups (broad SMARTS) is 1. The Morgan fingerprint density at radius 3 is 2.55 bits per heavy atom. The zero-order valence-corrected chi connectivity index (χ0v) is 18.2. The Hall–Kier alpha value is -4.18. The number of carbonyl (C=O) groups excluding carboxylic acids is 1. The molecule has 1 saturated carbocycles. The average molecular weight is 450 g/mol. The summed E-state index contributed by atoms with van der Waals surface area (Å²) in [4.78, 5) is 25.5. The topological polar surface area (TPSA) is 175 Å². The van der Waals surface area contributed by atoms with Gasteiger partial charge < -0.3 is 27.6 Å². The van der Waals surface area contributed by atoms with Gasteiger partial charge in [-0.1, -0.05) is 30.3 Å². The van der Waals surface area contributed by atoms with Crippen LogP contribution in [0.5, 0.6) is 0 Å². The number of carbonyl (C=O) groups is 2. The number of rotatable bonds is 7. The standard InChI is InChI=1S/C22H25N7O.CH2O2/c1-13-18(28-22(24)25)9-14(11-26-16-7-8-16)10-19(13)29-21(23)17(12-27-29)20(30)15-5-3-2-4-6-15;2-1-3/h2-6,9-10,12,16,26H,7-8,11,23H2,1H3,(H4,24,25,28);1H,(H,2,3). The van der Waals surface area contributed by atoms with Crippen LogP contribution >= 0.6 is 0 Å². The average Bonchev–Trinajstić information content (AvgIpc) is 3.55. The SMILES string of the molecule is Cc1c(N=C(N)N)cc(CNC2CC2)cc1-n1ncc(C(=O)c2ccccc2)c1N.O=CO. The van der Waals surface area contributed by atoms with Gasteiger partial charge in [-0.3, -0.25) is 9.59 Å². The van der Waals surface area contributed by atoms with Gasteiger partial charge in [-0.2, -0.15) is 5.10 Å². The summed E-state index contributed by atoms with van der Waals surface area (Å²) in [6.07, 6.45) is 3.88. The van der Waals surface area contributed by atoms with E-state index in [-0.39, 0.29) is 24.0 Å². The van der Waals surface area contributed by atoms with Crippen LogP contribution in [-0.2, 0) is 11.3 Å². The zero-order valence-electron chi connectivity index (χ0n) is 18.2. The van der Waals surface area contributed by atoms with E-state index in [9.17, 15) is 4.79 Å². The molecular weight excluding hydrogens is 422 g/mol. The minimum absolute atomic E-state index is 0.0234. The van der Waals surface area contributed by atoms with Crippen molar-refractivity contribution >= 4 is 29.7 Å². The van der Waals surface area contributed by atoms with Crippen LogP contribution in [0, 0.1) is 6.92 Å². The highest BCUT2D eigenvalue weighted by Gasteiger charge is 2.22. The highest BCUT2D eigenvalue weighted by Crippen LogP contribution is 2.30. The number of nitrogen functional groups attached to an aromatic ring is 1. The second-order valence-corrected chi connectivity index (χ2v) is 7.61. The van der Waals surface area contributed by atoms with Gasteiger partial charge in [0.1, 0.15) is 5.82 Å². The van der Waals surface area contributed by atoms with Gasteiger partial charge in [-0.05, 0) is 37.5 Å². The normalized spacial score (nSPS) is 12.4. The number of anilines is 1. The van der Waals surface area contributed by atoms with Crippen molar-refractivity contribution < 1.29 is 14.7 Å². The first-order valence-electron chi connectivity index (χ1n) is 10.3. The predicted octanol–water partition coefficient (Wildman–Crippen LogP) is 1.85. The minimum atomic E-state index is -0.250. The van der Waals surface area contributed by atoms with E-state index in [1.807, 2.05) is 37.3 Å². The molecule has 33 heavy (non-hydrogen) atoms. The molecule has 0 atom stereocenters. The molecule has 0 aliphatic heterocycles. The van der Waals surface area contributed by atoms with Crippen LogP contribution in [0.25, 0.3) is 5.69 Å². The number of benzene rings is 2. The molecule has 2 aromatic carbocycles. The second kappa shape index (κ2) is 10.4. The summed E-state index contributed by atoms with van der Waals surface area (Å²) in [6.45, 7) is 2.33. The second-order valence-electron chi connectivity index (χ2n) is 7.61. The maximum absolute atomic E-state index is 12.9. The Labute approximate surface area is 191 Å². The number of hydrogen-bond acceptors (Lipinski definition) is 6. The van der Waals surface area contributed by atoms with Gasteiger partial charge >= 0.3 is 0 Å². The molecule has 0 amide bonds. The molecule has 3 aromatic rings. The summed E-state index contributed by atoms with van der Waals surface area (Å²) in [5, 5.41) is 14.8. The van der Waals surface area contributed by atoms with Crippen molar-refractivity contribution in [2.45, 2.75) is 32.4 Å². The lowest BCUT2D eigenvalue weighted by atomic mass is 10.1. The number of nitrogens with one attached hydrogen (secondary N) is 1. The van der Waals surface area contributed by atoms with Crippen LogP contribution in [-0.4, -0.2) is 39.1 Å². The fourth-order valence-corrected chi connectivity index (χ4v) is 3.34. The maximum atomic E-state index is 12.9. The van der Waals surface area contributed by atoms with Gasteiger partial charge in [-0.25, -0.2) is 9.67 Å². The van der Waals surface area contributed by atoms with Gasteiger partial charge in [0.2, 0.25) is 0 Å².